The summed E-state index contributed by atoms with van der Waals surface area (Å²) in [7, 11) is 0. The topological polar surface area (TPSA) is 288 Å². The first-order chi connectivity index (χ1) is 18.0. The van der Waals surface area contributed by atoms with E-state index in [9.17, 15) is 33.9 Å². The standard InChI is InChI=1S/C21H29N9O8/c22-12(3-10-6-24-8-26-10)18(34)29-14(4-11-7-25-9-27-11)20(36)28-13(1-2-16(23)31)19(35)30-15(21(37)38)5-17(32)33/h6-9,12-15H,1-5,22H2,(H2,23,31)(H,24,26)(H,25,27)(H,28,36)(H,29,34)(H,30,35)(H,32,33)(H,37,38). The van der Waals surface area contributed by atoms with Crippen LogP contribution in [0.5, 0.6) is 0 Å². The smallest absolute Gasteiger partial charge is 0.326 e. The number of carboxylic acids is 2. The molecule has 17 nitrogen and oxygen atoms in total. The molecule has 0 spiro atoms. The maximum Gasteiger partial charge on any atom is 0.326 e. The lowest BCUT2D eigenvalue weighted by molar-refractivity contribution is -0.147. The van der Waals surface area contributed by atoms with Gasteiger partial charge in [-0.3, -0.25) is 24.0 Å². The quantitative estimate of drug-likeness (QED) is 0.102. The van der Waals surface area contributed by atoms with Crippen molar-refractivity contribution < 1.29 is 39.0 Å². The van der Waals surface area contributed by atoms with E-state index in [1.165, 1.54) is 25.0 Å². The summed E-state index contributed by atoms with van der Waals surface area (Å²) < 4.78 is 0. The van der Waals surface area contributed by atoms with E-state index in [2.05, 4.69) is 30.6 Å². The number of nitrogens with one attached hydrogen (secondary N) is 5. The molecule has 0 bridgehead atoms. The zero-order valence-corrected chi connectivity index (χ0v) is 20.0. The molecule has 2 heterocycles. The number of amides is 4. The first kappa shape index (κ1) is 29.4. The van der Waals surface area contributed by atoms with Gasteiger partial charge in [0.15, 0.2) is 0 Å². The number of hydrogen-bond donors (Lipinski definition) is 9. The molecule has 0 radical (unpaired) electrons. The number of rotatable bonds is 16. The second-order valence-corrected chi connectivity index (χ2v) is 8.29. The van der Waals surface area contributed by atoms with Gasteiger partial charge in [-0.1, -0.05) is 0 Å². The molecule has 0 saturated heterocycles. The van der Waals surface area contributed by atoms with Crippen LogP contribution < -0.4 is 27.4 Å². The van der Waals surface area contributed by atoms with Gasteiger partial charge in [0.1, 0.15) is 18.1 Å². The fourth-order valence-corrected chi connectivity index (χ4v) is 3.30. The van der Waals surface area contributed by atoms with Gasteiger partial charge in [0.25, 0.3) is 0 Å². The van der Waals surface area contributed by atoms with E-state index in [-0.39, 0.29) is 25.7 Å². The Kier molecular flexibility index (Phi) is 10.9. The number of carboxylic acid groups (broad SMARTS) is 2. The molecule has 0 aliphatic heterocycles. The molecule has 4 amide bonds. The molecular weight excluding hydrogens is 506 g/mol. The molecule has 0 saturated carbocycles. The summed E-state index contributed by atoms with van der Waals surface area (Å²) in [4.78, 5) is 85.6. The van der Waals surface area contributed by atoms with E-state index in [1.54, 1.807) is 0 Å². The molecule has 2 rings (SSSR count). The number of primary amides is 1. The number of carbonyl (C=O) groups is 6. The normalized spacial score (nSPS) is 13.9. The van der Waals surface area contributed by atoms with Crippen LogP contribution in [0, 0.1) is 0 Å². The van der Waals surface area contributed by atoms with E-state index >= 15 is 0 Å². The van der Waals surface area contributed by atoms with E-state index in [4.69, 9.17) is 16.6 Å². The third-order valence-corrected chi connectivity index (χ3v) is 5.25. The molecule has 4 atom stereocenters. The zero-order valence-electron chi connectivity index (χ0n) is 20.0. The Bertz CT molecular complexity index is 1120. The number of H-pyrrole nitrogens is 2. The highest BCUT2D eigenvalue weighted by Crippen LogP contribution is 2.05. The van der Waals surface area contributed by atoms with Crippen molar-refractivity contribution in [3.05, 3.63) is 36.4 Å². The van der Waals surface area contributed by atoms with Crippen molar-refractivity contribution in [3.63, 3.8) is 0 Å². The van der Waals surface area contributed by atoms with Crippen molar-refractivity contribution in [2.45, 2.75) is 56.3 Å². The number of nitrogens with two attached hydrogens (primary N) is 2. The summed E-state index contributed by atoms with van der Waals surface area (Å²) in [6.07, 6.45) is 4.06. The number of aromatic nitrogens is 4. The van der Waals surface area contributed by atoms with Crippen molar-refractivity contribution in [3.8, 4) is 0 Å². The Hall–Kier alpha value is -4.80. The largest absolute Gasteiger partial charge is 0.481 e. The highest BCUT2D eigenvalue weighted by molar-refractivity contribution is 5.95. The number of aliphatic carboxylic acids is 2. The molecule has 0 fully saturated rings. The lowest BCUT2D eigenvalue weighted by Crippen LogP contribution is -2.58. The summed E-state index contributed by atoms with van der Waals surface area (Å²) in [5.74, 6) is -6.51. The minimum atomic E-state index is -1.80. The Morgan fingerprint density at radius 3 is 1.84 bits per heavy atom. The summed E-state index contributed by atoms with van der Waals surface area (Å²) >= 11 is 0. The predicted molar refractivity (Wildman–Crippen MR) is 127 cm³/mol. The van der Waals surface area contributed by atoms with Gasteiger partial charge in [-0.25, -0.2) is 14.8 Å². The Balaban J connectivity index is 2.19. The van der Waals surface area contributed by atoms with Crippen molar-refractivity contribution in [2.75, 3.05) is 0 Å². The Labute approximate surface area is 215 Å². The second kappa shape index (κ2) is 14.1. The minimum Gasteiger partial charge on any atom is -0.481 e. The van der Waals surface area contributed by atoms with Gasteiger partial charge in [0.2, 0.25) is 23.6 Å². The first-order valence-electron chi connectivity index (χ1n) is 11.3. The maximum atomic E-state index is 13.2. The molecule has 2 aromatic heterocycles. The average molecular weight is 536 g/mol. The summed E-state index contributed by atoms with van der Waals surface area (Å²) in [6, 6.07) is -5.61. The molecule has 206 valence electrons. The van der Waals surface area contributed by atoms with Crippen molar-refractivity contribution in [1.29, 1.82) is 0 Å². The molecule has 0 aromatic carbocycles. The molecule has 2 aromatic rings. The second-order valence-electron chi connectivity index (χ2n) is 8.29. The summed E-state index contributed by atoms with van der Waals surface area (Å²) in [5, 5.41) is 25.0. The maximum absolute atomic E-state index is 13.2. The van der Waals surface area contributed by atoms with Crippen LogP contribution in [-0.2, 0) is 41.6 Å². The predicted octanol–water partition coefficient (Wildman–Crippen LogP) is -3.48. The van der Waals surface area contributed by atoms with Gasteiger partial charge in [0, 0.05) is 43.0 Å². The van der Waals surface area contributed by atoms with Gasteiger partial charge in [0.05, 0.1) is 25.1 Å². The highest BCUT2D eigenvalue weighted by atomic mass is 16.4. The van der Waals surface area contributed by atoms with Crippen LogP contribution in [0.25, 0.3) is 0 Å². The number of aromatic amines is 2. The summed E-state index contributed by atoms with van der Waals surface area (Å²) in [5.41, 5.74) is 12.1. The van der Waals surface area contributed by atoms with Crippen LogP contribution in [0.2, 0.25) is 0 Å². The first-order valence-corrected chi connectivity index (χ1v) is 11.3. The molecule has 0 aliphatic carbocycles. The van der Waals surface area contributed by atoms with Gasteiger partial charge in [-0.15, -0.1) is 0 Å². The Morgan fingerprint density at radius 2 is 1.34 bits per heavy atom. The molecule has 11 N–H and O–H groups in total. The van der Waals surface area contributed by atoms with Gasteiger partial charge >= 0.3 is 11.9 Å². The lowest BCUT2D eigenvalue weighted by atomic mass is 10.1. The van der Waals surface area contributed by atoms with Gasteiger partial charge < -0.3 is 47.6 Å². The van der Waals surface area contributed by atoms with Crippen LogP contribution in [0.3, 0.4) is 0 Å². The Morgan fingerprint density at radius 1 is 0.816 bits per heavy atom. The fourth-order valence-electron chi connectivity index (χ4n) is 3.30. The van der Waals surface area contributed by atoms with Gasteiger partial charge in [-0.05, 0) is 6.42 Å². The fraction of sp³-hybridized carbons (Fsp3) is 0.429. The van der Waals surface area contributed by atoms with Crippen LogP contribution in [-0.4, -0.2) is 89.9 Å². The number of carbonyl (C=O) groups excluding carboxylic acids is 4. The average Bonchev–Trinajstić information content (AvgIpc) is 3.54. The van der Waals surface area contributed by atoms with E-state index in [1.807, 2.05) is 5.32 Å². The molecular formula is C21H29N9O8. The number of hydrogen-bond acceptors (Lipinski definition) is 9. The van der Waals surface area contributed by atoms with Crippen molar-refractivity contribution in [2.24, 2.45) is 11.5 Å². The third kappa shape index (κ3) is 9.69. The van der Waals surface area contributed by atoms with Crippen molar-refractivity contribution in [1.82, 2.24) is 35.9 Å². The van der Waals surface area contributed by atoms with Crippen molar-refractivity contribution >= 4 is 35.6 Å². The monoisotopic (exact) mass is 535 g/mol. The molecule has 4 unspecified atom stereocenters. The summed E-state index contributed by atoms with van der Waals surface area (Å²) in [6.45, 7) is 0. The van der Waals surface area contributed by atoms with E-state index < -0.39 is 66.2 Å². The van der Waals surface area contributed by atoms with Crippen LogP contribution >= 0.6 is 0 Å². The van der Waals surface area contributed by atoms with Crippen LogP contribution in [0.4, 0.5) is 0 Å². The highest BCUT2D eigenvalue weighted by Gasteiger charge is 2.31. The number of nitrogens with zero attached hydrogens (tertiary/aromatic N) is 2. The molecule has 17 heteroatoms. The zero-order chi connectivity index (χ0) is 28.2. The lowest BCUT2D eigenvalue weighted by Gasteiger charge is -2.24. The SMILES string of the molecule is NC(=O)CCC(NC(=O)C(Cc1cnc[nH]1)NC(=O)C(N)Cc1cnc[nH]1)C(=O)NC(CC(=O)O)C(=O)O. The minimum absolute atomic E-state index is 0.0880. The van der Waals surface area contributed by atoms with Crippen LogP contribution in [0.1, 0.15) is 30.7 Å². The van der Waals surface area contributed by atoms with Gasteiger partial charge in [-0.2, -0.15) is 0 Å². The molecule has 0 aliphatic rings. The third-order valence-electron chi connectivity index (χ3n) is 5.25. The molecule has 38 heavy (non-hydrogen) atoms. The van der Waals surface area contributed by atoms with E-state index in [0.29, 0.717) is 11.4 Å². The van der Waals surface area contributed by atoms with Crippen LogP contribution in [0.15, 0.2) is 25.0 Å². The van der Waals surface area contributed by atoms with E-state index in [0.717, 1.165) is 0 Å². The number of imidazole rings is 2.